The van der Waals surface area contributed by atoms with Gasteiger partial charge < -0.3 is 14.2 Å². The minimum atomic E-state index is -0.0576. The topological polar surface area (TPSA) is 44.8 Å². The Balaban J connectivity index is 2.17. The van der Waals surface area contributed by atoms with Crippen LogP contribution >= 0.6 is 11.3 Å². The SMILES string of the molecule is COc1cc(C)cc(OC)c1OCC(=O)c1ccc(C)s1. The van der Waals surface area contributed by atoms with E-state index in [4.69, 9.17) is 14.2 Å². The van der Waals surface area contributed by atoms with Crippen LogP contribution in [-0.4, -0.2) is 26.6 Å². The fourth-order valence-electron chi connectivity index (χ4n) is 1.95. The lowest BCUT2D eigenvalue weighted by atomic mass is 10.2. The van der Waals surface area contributed by atoms with Gasteiger partial charge in [0.1, 0.15) is 0 Å². The van der Waals surface area contributed by atoms with Gasteiger partial charge in [-0.2, -0.15) is 0 Å². The molecule has 4 nitrogen and oxygen atoms in total. The van der Waals surface area contributed by atoms with Crippen molar-refractivity contribution < 1.29 is 19.0 Å². The minimum Gasteiger partial charge on any atom is -0.493 e. The Morgan fingerprint density at radius 2 is 1.71 bits per heavy atom. The third-order valence-corrected chi connectivity index (χ3v) is 4.01. The van der Waals surface area contributed by atoms with E-state index in [1.807, 2.05) is 38.1 Å². The highest BCUT2D eigenvalue weighted by Gasteiger charge is 2.16. The summed E-state index contributed by atoms with van der Waals surface area (Å²) >= 11 is 1.46. The summed E-state index contributed by atoms with van der Waals surface area (Å²) in [6.07, 6.45) is 0. The molecule has 0 amide bonds. The molecule has 0 aliphatic carbocycles. The van der Waals surface area contributed by atoms with E-state index < -0.39 is 0 Å². The number of carbonyl (C=O) groups excluding carboxylic acids is 1. The summed E-state index contributed by atoms with van der Waals surface area (Å²) in [5, 5.41) is 0. The number of carbonyl (C=O) groups is 1. The molecule has 0 saturated carbocycles. The summed E-state index contributed by atoms with van der Waals surface area (Å²) in [5.41, 5.74) is 0.997. The second-order valence-corrected chi connectivity index (χ2v) is 5.91. The van der Waals surface area contributed by atoms with Gasteiger partial charge >= 0.3 is 0 Å². The number of benzene rings is 1. The molecule has 2 aromatic rings. The highest BCUT2D eigenvalue weighted by atomic mass is 32.1. The van der Waals surface area contributed by atoms with E-state index in [1.165, 1.54) is 11.3 Å². The van der Waals surface area contributed by atoms with Gasteiger partial charge in [-0.05, 0) is 43.7 Å². The van der Waals surface area contributed by atoms with Crippen LogP contribution in [0.5, 0.6) is 17.2 Å². The van der Waals surface area contributed by atoms with Gasteiger partial charge in [-0.3, -0.25) is 4.79 Å². The molecule has 0 saturated heterocycles. The lowest BCUT2D eigenvalue weighted by molar-refractivity contribution is 0.0921. The summed E-state index contributed by atoms with van der Waals surface area (Å²) in [6.45, 7) is 3.86. The Kier molecular flexibility index (Phi) is 4.85. The zero-order valence-corrected chi connectivity index (χ0v) is 13.4. The summed E-state index contributed by atoms with van der Waals surface area (Å²) < 4.78 is 16.2. The number of methoxy groups -OCH3 is 2. The van der Waals surface area contributed by atoms with Crippen molar-refractivity contribution >= 4 is 17.1 Å². The zero-order valence-electron chi connectivity index (χ0n) is 12.6. The number of thiophene rings is 1. The van der Waals surface area contributed by atoms with Crippen LogP contribution in [0.4, 0.5) is 0 Å². The second kappa shape index (κ2) is 6.63. The third-order valence-electron chi connectivity index (χ3n) is 2.97. The fourth-order valence-corrected chi connectivity index (χ4v) is 2.74. The molecule has 5 heteroatoms. The summed E-state index contributed by atoms with van der Waals surface area (Å²) in [6, 6.07) is 7.43. The van der Waals surface area contributed by atoms with Gasteiger partial charge in [0.25, 0.3) is 0 Å². The molecule has 0 aliphatic rings. The number of hydrogen-bond acceptors (Lipinski definition) is 5. The number of hydrogen-bond donors (Lipinski definition) is 0. The normalized spacial score (nSPS) is 10.3. The number of ketones is 1. The first-order chi connectivity index (χ1) is 10.0. The van der Waals surface area contributed by atoms with Gasteiger partial charge in [0.05, 0.1) is 19.1 Å². The second-order valence-electron chi connectivity index (χ2n) is 4.62. The van der Waals surface area contributed by atoms with Crippen LogP contribution in [0.3, 0.4) is 0 Å². The lowest BCUT2D eigenvalue weighted by Gasteiger charge is -2.14. The van der Waals surface area contributed by atoms with Crippen LogP contribution in [0.15, 0.2) is 24.3 Å². The van der Waals surface area contributed by atoms with Crippen molar-refractivity contribution in [2.45, 2.75) is 13.8 Å². The largest absolute Gasteiger partial charge is 0.493 e. The number of aryl methyl sites for hydroxylation is 2. The van der Waals surface area contributed by atoms with Crippen molar-refractivity contribution in [3.05, 3.63) is 39.6 Å². The van der Waals surface area contributed by atoms with E-state index in [-0.39, 0.29) is 12.4 Å². The molecule has 1 aromatic carbocycles. The zero-order chi connectivity index (χ0) is 15.4. The van der Waals surface area contributed by atoms with Gasteiger partial charge in [0.15, 0.2) is 18.1 Å². The van der Waals surface area contributed by atoms with Gasteiger partial charge in [-0.1, -0.05) is 0 Å². The molecular formula is C16H18O4S. The summed E-state index contributed by atoms with van der Waals surface area (Å²) in [4.78, 5) is 13.9. The average Bonchev–Trinajstić information content (AvgIpc) is 2.91. The Labute approximate surface area is 128 Å². The van der Waals surface area contributed by atoms with Crippen molar-refractivity contribution in [2.75, 3.05) is 20.8 Å². The third kappa shape index (κ3) is 3.55. The molecule has 112 valence electrons. The number of Topliss-reactive ketones (excluding diaryl/α,β-unsaturated/α-hetero) is 1. The maximum absolute atomic E-state index is 12.1. The van der Waals surface area contributed by atoms with E-state index >= 15 is 0 Å². The van der Waals surface area contributed by atoms with Crippen LogP contribution in [-0.2, 0) is 0 Å². The molecule has 0 aliphatic heterocycles. The van der Waals surface area contributed by atoms with Crippen LogP contribution in [0, 0.1) is 13.8 Å². The first kappa shape index (κ1) is 15.4. The summed E-state index contributed by atoms with van der Waals surface area (Å²) in [7, 11) is 3.12. The predicted octanol–water partition coefficient (Wildman–Crippen LogP) is 3.64. The molecule has 0 fully saturated rings. The molecule has 0 bridgehead atoms. The maximum Gasteiger partial charge on any atom is 0.210 e. The van der Waals surface area contributed by atoms with Gasteiger partial charge in [-0.25, -0.2) is 0 Å². The lowest BCUT2D eigenvalue weighted by Crippen LogP contribution is -2.11. The Morgan fingerprint density at radius 3 is 2.19 bits per heavy atom. The smallest absolute Gasteiger partial charge is 0.210 e. The van der Waals surface area contributed by atoms with E-state index in [0.717, 1.165) is 10.4 Å². The molecule has 1 aromatic heterocycles. The monoisotopic (exact) mass is 306 g/mol. The first-order valence-corrected chi connectivity index (χ1v) is 7.32. The molecule has 0 atom stereocenters. The van der Waals surface area contributed by atoms with E-state index in [9.17, 15) is 4.79 Å². The minimum absolute atomic E-state index is 0.0459. The van der Waals surface area contributed by atoms with Gasteiger partial charge in [-0.15, -0.1) is 11.3 Å². The Morgan fingerprint density at radius 1 is 1.10 bits per heavy atom. The van der Waals surface area contributed by atoms with Crippen LogP contribution in [0.25, 0.3) is 0 Å². The molecule has 21 heavy (non-hydrogen) atoms. The maximum atomic E-state index is 12.1. The molecule has 0 spiro atoms. The number of ether oxygens (including phenoxy) is 3. The van der Waals surface area contributed by atoms with Crippen molar-refractivity contribution in [1.82, 2.24) is 0 Å². The fraction of sp³-hybridized carbons (Fsp3) is 0.312. The van der Waals surface area contributed by atoms with E-state index in [1.54, 1.807) is 14.2 Å². The number of rotatable bonds is 6. The predicted molar refractivity (Wildman–Crippen MR) is 83.2 cm³/mol. The van der Waals surface area contributed by atoms with Crippen molar-refractivity contribution in [1.29, 1.82) is 0 Å². The van der Waals surface area contributed by atoms with E-state index in [0.29, 0.717) is 22.1 Å². The molecular weight excluding hydrogens is 288 g/mol. The van der Waals surface area contributed by atoms with Crippen molar-refractivity contribution in [2.24, 2.45) is 0 Å². The van der Waals surface area contributed by atoms with Crippen LogP contribution in [0.2, 0.25) is 0 Å². The van der Waals surface area contributed by atoms with Crippen LogP contribution in [0.1, 0.15) is 20.1 Å². The molecule has 2 rings (SSSR count). The summed E-state index contributed by atoms with van der Waals surface area (Å²) in [5.74, 6) is 1.51. The highest BCUT2D eigenvalue weighted by Crippen LogP contribution is 2.38. The Bertz CT molecular complexity index is 620. The highest BCUT2D eigenvalue weighted by molar-refractivity contribution is 7.14. The van der Waals surface area contributed by atoms with Gasteiger partial charge in [0, 0.05) is 4.88 Å². The Hall–Kier alpha value is -2.01. The average molecular weight is 306 g/mol. The van der Waals surface area contributed by atoms with E-state index in [2.05, 4.69) is 0 Å². The first-order valence-electron chi connectivity index (χ1n) is 6.50. The van der Waals surface area contributed by atoms with Gasteiger partial charge in [0.2, 0.25) is 11.5 Å². The van der Waals surface area contributed by atoms with Crippen molar-refractivity contribution in [3.63, 3.8) is 0 Å². The van der Waals surface area contributed by atoms with Crippen molar-refractivity contribution in [3.8, 4) is 17.2 Å². The quantitative estimate of drug-likeness (QED) is 0.764. The van der Waals surface area contributed by atoms with Crippen LogP contribution < -0.4 is 14.2 Å². The molecule has 0 N–H and O–H groups in total. The standard InChI is InChI=1S/C16H18O4S/c1-10-7-13(18-3)16(14(8-10)19-4)20-9-12(17)15-6-5-11(2)21-15/h5-8H,9H2,1-4H3. The molecule has 0 radical (unpaired) electrons. The molecule has 0 unspecified atom stereocenters. The molecule has 1 heterocycles.